The zero-order chi connectivity index (χ0) is 9.14. The maximum absolute atomic E-state index is 11.0. The van der Waals surface area contributed by atoms with Gasteiger partial charge in [0.05, 0.1) is 7.11 Å². The van der Waals surface area contributed by atoms with Crippen molar-refractivity contribution in [2.75, 3.05) is 7.11 Å². The van der Waals surface area contributed by atoms with Gasteiger partial charge in [0.2, 0.25) is 0 Å². The standard InChI is InChI=1S/C7H10N2O2S/c1-5(6(10)11-2)9-3-4-12-7(9)8/h3-5,8H,1-2H3. The smallest absolute Gasteiger partial charge is 0.328 e. The van der Waals surface area contributed by atoms with Crippen molar-refractivity contribution in [2.45, 2.75) is 13.0 Å². The number of thiazole rings is 1. The quantitative estimate of drug-likeness (QED) is 0.693. The summed E-state index contributed by atoms with van der Waals surface area (Å²) in [6.45, 7) is 1.70. The summed E-state index contributed by atoms with van der Waals surface area (Å²) in [5.74, 6) is -0.327. The predicted octanol–water partition coefficient (Wildman–Crippen LogP) is 0.763. The lowest BCUT2D eigenvalue weighted by molar-refractivity contribution is -0.144. The van der Waals surface area contributed by atoms with E-state index in [1.807, 2.05) is 0 Å². The van der Waals surface area contributed by atoms with Crippen LogP contribution in [0.2, 0.25) is 0 Å². The first-order valence-corrected chi connectivity index (χ1v) is 4.33. The summed E-state index contributed by atoms with van der Waals surface area (Å²) in [5, 5.41) is 9.19. The van der Waals surface area contributed by atoms with E-state index in [1.54, 1.807) is 23.1 Å². The molecule has 0 aliphatic heterocycles. The highest BCUT2D eigenvalue weighted by atomic mass is 32.1. The van der Waals surface area contributed by atoms with Gasteiger partial charge in [0, 0.05) is 11.6 Å². The maximum Gasteiger partial charge on any atom is 0.328 e. The van der Waals surface area contributed by atoms with Gasteiger partial charge >= 0.3 is 5.97 Å². The minimum absolute atomic E-state index is 0.327. The number of carbonyl (C=O) groups excluding carboxylic acids is 1. The minimum Gasteiger partial charge on any atom is -0.467 e. The Morgan fingerprint density at radius 3 is 2.92 bits per heavy atom. The summed E-state index contributed by atoms with van der Waals surface area (Å²) >= 11 is 1.28. The molecule has 0 fully saturated rings. The van der Waals surface area contributed by atoms with Gasteiger partial charge < -0.3 is 9.30 Å². The lowest BCUT2D eigenvalue weighted by Gasteiger charge is -2.09. The highest BCUT2D eigenvalue weighted by Crippen LogP contribution is 2.04. The molecule has 1 N–H and O–H groups in total. The molecule has 0 saturated heterocycles. The molecule has 0 amide bonds. The molecule has 0 saturated carbocycles. The first kappa shape index (κ1) is 8.99. The van der Waals surface area contributed by atoms with Crippen molar-refractivity contribution in [1.29, 1.82) is 5.41 Å². The SMILES string of the molecule is COC(=O)C(C)n1ccsc1=N. The van der Waals surface area contributed by atoms with Gasteiger partial charge in [0.15, 0.2) is 4.80 Å². The number of hydrogen-bond acceptors (Lipinski definition) is 4. The molecule has 0 radical (unpaired) electrons. The molecule has 4 nitrogen and oxygen atoms in total. The van der Waals surface area contributed by atoms with E-state index in [9.17, 15) is 4.79 Å². The van der Waals surface area contributed by atoms with Crippen LogP contribution in [0, 0.1) is 5.41 Å². The third-order valence-electron chi connectivity index (χ3n) is 1.60. The number of ether oxygens (including phenoxy) is 1. The monoisotopic (exact) mass is 186 g/mol. The van der Waals surface area contributed by atoms with Crippen LogP contribution in [0.3, 0.4) is 0 Å². The fraction of sp³-hybridized carbons (Fsp3) is 0.429. The van der Waals surface area contributed by atoms with E-state index in [4.69, 9.17) is 5.41 Å². The summed E-state index contributed by atoms with van der Waals surface area (Å²) in [7, 11) is 1.34. The second-order valence-corrected chi connectivity index (χ2v) is 3.21. The van der Waals surface area contributed by atoms with Crippen molar-refractivity contribution >= 4 is 17.3 Å². The first-order chi connectivity index (χ1) is 5.66. The van der Waals surface area contributed by atoms with Gasteiger partial charge in [-0.3, -0.25) is 5.41 Å². The number of methoxy groups -OCH3 is 1. The normalized spacial score (nSPS) is 12.5. The van der Waals surface area contributed by atoms with Gasteiger partial charge in [-0.15, -0.1) is 11.3 Å². The summed E-state index contributed by atoms with van der Waals surface area (Å²) in [5.41, 5.74) is 0. The molecule has 1 atom stereocenters. The number of nitrogens with one attached hydrogen (secondary N) is 1. The topological polar surface area (TPSA) is 55.1 Å². The zero-order valence-corrected chi connectivity index (χ0v) is 7.72. The van der Waals surface area contributed by atoms with E-state index in [1.165, 1.54) is 18.4 Å². The minimum atomic E-state index is -0.409. The largest absolute Gasteiger partial charge is 0.467 e. The third-order valence-corrected chi connectivity index (χ3v) is 2.29. The summed E-state index contributed by atoms with van der Waals surface area (Å²) in [6, 6.07) is -0.409. The van der Waals surface area contributed by atoms with Crippen molar-refractivity contribution in [3.8, 4) is 0 Å². The number of nitrogens with zero attached hydrogens (tertiary/aromatic N) is 1. The van der Waals surface area contributed by atoms with Crippen LogP contribution in [0.5, 0.6) is 0 Å². The average Bonchev–Trinajstić information content (AvgIpc) is 2.48. The van der Waals surface area contributed by atoms with Crippen LogP contribution in [0.15, 0.2) is 11.6 Å². The van der Waals surface area contributed by atoms with Crippen molar-refractivity contribution in [1.82, 2.24) is 4.57 Å². The van der Waals surface area contributed by atoms with E-state index in [0.717, 1.165) is 0 Å². The van der Waals surface area contributed by atoms with Gasteiger partial charge in [0.25, 0.3) is 0 Å². The van der Waals surface area contributed by atoms with Gasteiger partial charge in [-0.05, 0) is 6.92 Å². The second-order valence-electron chi connectivity index (χ2n) is 2.31. The van der Waals surface area contributed by atoms with Gasteiger partial charge in [-0.1, -0.05) is 0 Å². The Bertz CT molecular complexity index is 328. The fourth-order valence-electron chi connectivity index (χ4n) is 0.878. The average molecular weight is 186 g/mol. The van der Waals surface area contributed by atoms with Crippen LogP contribution in [0.1, 0.15) is 13.0 Å². The Balaban J connectivity index is 2.92. The Morgan fingerprint density at radius 1 is 1.83 bits per heavy atom. The number of aromatic nitrogens is 1. The zero-order valence-electron chi connectivity index (χ0n) is 6.90. The van der Waals surface area contributed by atoms with E-state index in [0.29, 0.717) is 4.80 Å². The summed E-state index contributed by atoms with van der Waals surface area (Å²) in [6.07, 6.45) is 1.70. The van der Waals surface area contributed by atoms with Crippen LogP contribution in [0.25, 0.3) is 0 Å². The van der Waals surface area contributed by atoms with Gasteiger partial charge in [-0.2, -0.15) is 0 Å². The van der Waals surface area contributed by atoms with Crippen molar-refractivity contribution in [3.05, 3.63) is 16.4 Å². The highest BCUT2D eigenvalue weighted by Gasteiger charge is 2.14. The first-order valence-electron chi connectivity index (χ1n) is 3.45. The molecule has 1 rings (SSSR count). The molecule has 0 aliphatic rings. The number of rotatable bonds is 2. The molecule has 1 aromatic heterocycles. The van der Waals surface area contributed by atoms with Crippen LogP contribution >= 0.6 is 11.3 Å². The fourth-order valence-corrected chi connectivity index (χ4v) is 1.54. The van der Waals surface area contributed by atoms with Crippen molar-refractivity contribution < 1.29 is 9.53 Å². The second kappa shape index (κ2) is 3.53. The molecular weight excluding hydrogens is 176 g/mol. The number of hydrogen-bond donors (Lipinski definition) is 1. The Morgan fingerprint density at radius 2 is 2.50 bits per heavy atom. The molecule has 66 valence electrons. The van der Waals surface area contributed by atoms with Gasteiger partial charge in [0.1, 0.15) is 6.04 Å². The number of esters is 1. The van der Waals surface area contributed by atoms with Gasteiger partial charge in [-0.25, -0.2) is 4.79 Å². The molecule has 0 aliphatic carbocycles. The lowest BCUT2D eigenvalue weighted by Crippen LogP contribution is -2.24. The molecule has 12 heavy (non-hydrogen) atoms. The van der Waals surface area contributed by atoms with E-state index in [2.05, 4.69) is 4.74 Å². The maximum atomic E-state index is 11.0. The molecular formula is C7H10N2O2S. The molecule has 0 bridgehead atoms. The Hall–Kier alpha value is -1.10. The Labute approximate surface area is 73.9 Å². The molecule has 5 heteroatoms. The summed E-state index contributed by atoms with van der Waals surface area (Å²) < 4.78 is 6.12. The van der Waals surface area contributed by atoms with Crippen molar-refractivity contribution in [2.24, 2.45) is 0 Å². The molecule has 1 heterocycles. The molecule has 0 spiro atoms. The lowest BCUT2D eigenvalue weighted by atomic mass is 10.3. The van der Waals surface area contributed by atoms with Crippen molar-refractivity contribution in [3.63, 3.8) is 0 Å². The number of carbonyl (C=O) groups is 1. The third kappa shape index (κ3) is 1.55. The van der Waals surface area contributed by atoms with Crippen LogP contribution in [-0.4, -0.2) is 17.6 Å². The van der Waals surface area contributed by atoms with Crippen LogP contribution < -0.4 is 4.80 Å². The van der Waals surface area contributed by atoms with Crippen LogP contribution in [-0.2, 0) is 9.53 Å². The Kier molecular flexibility index (Phi) is 2.65. The molecule has 1 aromatic rings. The van der Waals surface area contributed by atoms with E-state index >= 15 is 0 Å². The van der Waals surface area contributed by atoms with Crippen LogP contribution in [0.4, 0.5) is 0 Å². The molecule has 1 unspecified atom stereocenters. The predicted molar refractivity (Wildman–Crippen MR) is 44.9 cm³/mol. The highest BCUT2D eigenvalue weighted by molar-refractivity contribution is 7.06. The van der Waals surface area contributed by atoms with E-state index in [-0.39, 0.29) is 5.97 Å². The molecule has 0 aromatic carbocycles. The summed E-state index contributed by atoms with van der Waals surface area (Å²) in [4.78, 5) is 11.4. The van der Waals surface area contributed by atoms with E-state index < -0.39 is 6.04 Å².